The average Bonchev–Trinajstić information content (AvgIpc) is 2.49. The molecule has 2 nitrogen and oxygen atoms in total. The van der Waals surface area contributed by atoms with E-state index in [1.165, 1.54) is 0 Å². The Hall–Kier alpha value is 0.0600. The predicted molar refractivity (Wildman–Crippen MR) is 52.2 cm³/mol. The zero-order valence-electron chi connectivity index (χ0n) is 7.89. The van der Waals surface area contributed by atoms with Crippen LogP contribution in [0.25, 0.3) is 0 Å². The number of alkyl halides is 3. The Morgan fingerprint density at radius 1 is 1.43 bits per heavy atom. The van der Waals surface area contributed by atoms with Gasteiger partial charge in [0.15, 0.2) is 0 Å². The standard InChI is InChI=1S/C8H15F3N2S/c9-8(10,11)14-5-4-13-3-1-2-7(13)6-12/h7H,1-6,12H2. The van der Waals surface area contributed by atoms with Crippen molar-refractivity contribution < 1.29 is 13.2 Å². The molecular weight excluding hydrogens is 213 g/mol. The molecular formula is C8H15F3N2S. The third-order valence-electron chi connectivity index (χ3n) is 2.42. The summed E-state index contributed by atoms with van der Waals surface area (Å²) < 4.78 is 35.5. The second-order valence-corrected chi connectivity index (χ2v) is 4.52. The SMILES string of the molecule is NCC1CCCN1CCSC(F)(F)F. The van der Waals surface area contributed by atoms with E-state index in [9.17, 15) is 13.2 Å². The Morgan fingerprint density at radius 3 is 2.71 bits per heavy atom. The van der Waals surface area contributed by atoms with Crippen LogP contribution >= 0.6 is 11.8 Å². The van der Waals surface area contributed by atoms with Gasteiger partial charge in [-0.3, -0.25) is 4.90 Å². The molecule has 0 spiro atoms. The zero-order chi connectivity index (χ0) is 10.6. The molecule has 0 radical (unpaired) electrons. The van der Waals surface area contributed by atoms with E-state index >= 15 is 0 Å². The Labute approximate surface area is 86.0 Å². The molecule has 0 amide bonds. The third kappa shape index (κ3) is 4.06. The van der Waals surface area contributed by atoms with Crippen molar-refractivity contribution in [2.45, 2.75) is 24.4 Å². The van der Waals surface area contributed by atoms with Crippen molar-refractivity contribution in [2.75, 3.05) is 25.4 Å². The summed E-state index contributed by atoms with van der Waals surface area (Å²) in [4.78, 5) is 2.05. The Kier molecular flexibility index (Phi) is 4.53. The molecule has 1 unspecified atom stereocenters. The molecule has 0 aliphatic carbocycles. The van der Waals surface area contributed by atoms with Gasteiger partial charge in [0.05, 0.1) is 0 Å². The van der Waals surface area contributed by atoms with Crippen molar-refractivity contribution in [1.82, 2.24) is 4.90 Å². The number of hydrogen-bond acceptors (Lipinski definition) is 3. The summed E-state index contributed by atoms with van der Waals surface area (Å²) in [5.74, 6) is 0.111. The Bertz CT molecular complexity index is 174. The van der Waals surface area contributed by atoms with Gasteiger partial charge in [0.2, 0.25) is 0 Å². The fourth-order valence-electron chi connectivity index (χ4n) is 1.74. The van der Waals surface area contributed by atoms with Crippen LogP contribution in [0.3, 0.4) is 0 Å². The van der Waals surface area contributed by atoms with Gasteiger partial charge in [-0.25, -0.2) is 0 Å². The van der Waals surface area contributed by atoms with Crippen molar-refractivity contribution in [2.24, 2.45) is 5.73 Å². The molecule has 0 aromatic rings. The van der Waals surface area contributed by atoms with Gasteiger partial charge >= 0.3 is 5.51 Å². The quantitative estimate of drug-likeness (QED) is 0.793. The van der Waals surface area contributed by atoms with Gasteiger partial charge in [0, 0.05) is 24.9 Å². The van der Waals surface area contributed by atoms with E-state index in [4.69, 9.17) is 5.73 Å². The maximum atomic E-state index is 11.8. The highest BCUT2D eigenvalue weighted by Crippen LogP contribution is 2.30. The first kappa shape index (κ1) is 12.1. The van der Waals surface area contributed by atoms with Crippen LogP contribution in [0.1, 0.15) is 12.8 Å². The lowest BCUT2D eigenvalue weighted by atomic mass is 10.2. The van der Waals surface area contributed by atoms with E-state index in [2.05, 4.69) is 4.90 Å². The van der Waals surface area contributed by atoms with Crippen molar-refractivity contribution in [1.29, 1.82) is 0 Å². The summed E-state index contributed by atoms with van der Waals surface area (Å²) in [6, 6.07) is 0.295. The van der Waals surface area contributed by atoms with Crippen molar-refractivity contribution in [3.05, 3.63) is 0 Å². The topological polar surface area (TPSA) is 29.3 Å². The molecule has 1 rings (SSSR count). The highest BCUT2D eigenvalue weighted by atomic mass is 32.2. The second kappa shape index (κ2) is 5.23. The first-order valence-electron chi connectivity index (χ1n) is 4.68. The number of likely N-dealkylation sites (tertiary alicyclic amines) is 1. The molecule has 14 heavy (non-hydrogen) atoms. The van der Waals surface area contributed by atoms with Crippen LogP contribution in [0.5, 0.6) is 0 Å². The molecule has 0 bridgehead atoms. The zero-order valence-corrected chi connectivity index (χ0v) is 8.70. The van der Waals surface area contributed by atoms with Crippen molar-refractivity contribution in [3.63, 3.8) is 0 Å². The van der Waals surface area contributed by atoms with Crippen LogP contribution in [0.15, 0.2) is 0 Å². The van der Waals surface area contributed by atoms with Gasteiger partial charge in [-0.1, -0.05) is 0 Å². The van der Waals surface area contributed by atoms with E-state index in [1.54, 1.807) is 0 Å². The first-order valence-corrected chi connectivity index (χ1v) is 5.66. The molecule has 0 saturated carbocycles. The number of rotatable bonds is 4. The summed E-state index contributed by atoms with van der Waals surface area (Å²) in [7, 11) is 0. The number of nitrogens with two attached hydrogens (primary N) is 1. The van der Waals surface area contributed by atoms with Crippen molar-refractivity contribution in [3.8, 4) is 0 Å². The fourth-order valence-corrected chi connectivity index (χ4v) is 2.29. The van der Waals surface area contributed by atoms with Crippen LogP contribution in [0.2, 0.25) is 0 Å². The van der Waals surface area contributed by atoms with Crippen LogP contribution in [-0.4, -0.2) is 41.8 Å². The lowest BCUT2D eigenvalue weighted by Gasteiger charge is -2.22. The molecule has 84 valence electrons. The maximum absolute atomic E-state index is 11.8. The molecule has 6 heteroatoms. The first-order chi connectivity index (χ1) is 6.53. The smallest absolute Gasteiger partial charge is 0.329 e. The molecule has 1 saturated heterocycles. The number of thioether (sulfide) groups is 1. The number of hydrogen-bond donors (Lipinski definition) is 1. The molecule has 1 heterocycles. The van der Waals surface area contributed by atoms with Crippen LogP contribution in [0.4, 0.5) is 13.2 Å². The normalized spacial score (nSPS) is 24.4. The van der Waals surface area contributed by atoms with E-state index < -0.39 is 5.51 Å². The van der Waals surface area contributed by atoms with Gasteiger partial charge < -0.3 is 5.73 Å². The van der Waals surface area contributed by atoms with Crippen LogP contribution < -0.4 is 5.73 Å². The van der Waals surface area contributed by atoms with E-state index in [0.717, 1.165) is 19.4 Å². The molecule has 1 aliphatic heterocycles. The molecule has 0 aromatic heterocycles. The van der Waals surface area contributed by atoms with Gasteiger partial charge in [-0.15, -0.1) is 0 Å². The van der Waals surface area contributed by atoms with E-state index in [0.29, 0.717) is 19.1 Å². The third-order valence-corrected chi connectivity index (χ3v) is 3.13. The maximum Gasteiger partial charge on any atom is 0.441 e. The Balaban J connectivity index is 2.18. The molecule has 1 fully saturated rings. The van der Waals surface area contributed by atoms with Gasteiger partial charge in [-0.05, 0) is 31.1 Å². The number of nitrogens with zero attached hydrogens (tertiary/aromatic N) is 1. The monoisotopic (exact) mass is 228 g/mol. The Morgan fingerprint density at radius 2 is 2.14 bits per heavy atom. The summed E-state index contributed by atoms with van der Waals surface area (Å²) in [6.45, 7) is 1.93. The van der Waals surface area contributed by atoms with Crippen LogP contribution in [0, 0.1) is 0 Å². The van der Waals surface area contributed by atoms with Crippen LogP contribution in [-0.2, 0) is 0 Å². The van der Waals surface area contributed by atoms with Gasteiger partial charge in [-0.2, -0.15) is 13.2 Å². The molecule has 0 aromatic carbocycles. The largest absolute Gasteiger partial charge is 0.441 e. The molecule has 2 N–H and O–H groups in total. The summed E-state index contributed by atoms with van der Waals surface area (Å²) >= 11 is 0.0505. The predicted octanol–water partition coefficient (Wildman–Crippen LogP) is 1.66. The molecule has 1 atom stereocenters. The summed E-state index contributed by atoms with van der Waals surface area (Å²) in [5.41, 5.74) is 1.41. The van der Waals surface area contributed by atoms with Gasteiger partial charge in [0.25, 0.3) is 0 Å². The summed E-state index contributed by atoms with van der Waals surface area (Å²) in [6.07, 6.45) is 2.08. The average molecular weight is 228 g/mol. The minimum atomic E-state index is -4.10. The highest BCUT2D eigenvalue weighted by Gasteiger charge is 2.29. The van der Waals surface area contributed by atoms with E-state index in [-0.39, 0.29) is 17.5 Å². The lowest BCUT2D eigenvalue weighted by molar-refractivity contribution is -0.0328. The lowest BCUT2D eigenvalue weighted by Crippen LogP contribution is -2.37. The fraction of sp³-hybridized carbons (Fsp3) is 1.00. The highest BCUT2D eigenvalue weighted by molar-refractivity contribution is 8.00. The summed E-state index contributed by atoms with van der Waals surface area (Å²) in [5, 5.41) is 0. The second-order valence-electron chi connectivity index (χ2n) is 3.36. The van der Waals surface area contributed by atoms with E-state index in [1.807, 2.05) is 0 Å². The molecule has 1 aliphatic rings. The van der Waals surface area contributed by atoms with Gasteiger partial charge in [0.1, 0.15) is 0 Å². The number of halogens is 3. The minimum Gasteiger partial charge on any atom is -0.329 e. The minimum absolute atomic E-state index is 0.0505. The van der Waals surface area contributed by atoms with Crippen molar-refractivity contribution >= 4 is 11.8 Å².